The second kappa shape index (κ2) is 41.7. The van der Waals surface area contributed by atoms with E-state index in [4.69, 9.17) is 18.9 Å². The Balaban J connectivity index is 0.00000627. The van der Waals surface area contributed by atoms with Gasteiger partial charge in [0.15, 0.2) is 5.78 Å². The monoisotopic (exact) mass is 1360 g/mol. The summed E-state index contributed by atoms with van der Waals surface area (Å²) in [5, 5.41) is 93.7. The van der Waals surface area contributed by atoms with Gasteiger partial charge >= 0.3 is 59.1 Å². The predicted octanol–water partition coefficient (Wildman–Crippen LogP) is -3.59. The molecule has 7 rings (SSSR count). The molecule has 27 heteroatoms. The van der Waals surface area contributed by atoms with Crippen molar-refractivity contribution >= 4 is 59.3 Å². The average molecular weight is 1360 g/mol. The van der Waals surface area contributed by atoms with Crippen LogP contribution in [0.4, 0.5) is 0 Å². The molecule has 0 aliphatic carbocycles. The van der Waals surface area contributed by atoms with Gasteiger partial charge < -0.3 is 96.3 Å². The zero-order valence-electron chi connectivity index (χ0n) is 53.4. The summed E-state index contributed by atoms with van der Waals surface area (Å²) in [4.78, 5) is 75.2. The number of rotatable bonds is 37. The van der Waals surface area contributed by atoms with Crippen molar-refractivity contribution in [2.24, 2.45) is 0 Å². The van der Waals surface area contributed by atoms with E-state index >= 15 is 0 Å². The molecule has 2 heterocycles. The molecule has 0 aromatic heterocycles. The van der Waals surface area contributed by atoms with Crippen LogP contribution in [-0.2, 0) is 51.2 Å². The fourth-order valence-electron chi connectivity index (χ4n) is 10.7. The zero-order valence-corrected chi connectivity index (χ0v) is 59.1. The number of hydrogen-bond acceptors (Lipinski definition) is 22. The Hall–Kier alpha value is -4.50. The van der Waals surface area contributed by atoms with E-state index < -0.39 is 103 Å². The van der Waals surface area contributed by atoms with Crippen LogP contribution in [0.3, 0.4) is 0 Å². The molecular formula is C67H84N5Na2O18S2-. The maximum absolute atomic E-state index is 13.0. The number of Topliss-reactive ketones (excluding diaryl/α,β-unsaturated/α-hetero) is 1. The first-order valence-electron chi connectivity index (χ1n) is 30.4. The average Bonchev–Trinajstić information content (AvgIpc) is 0.781. The minimum atomic E-state index is -2.50. The first-order chi connectivity index (χ1) is 43.8. The normalized spacial score (nSPS) is 22.1. The van der Waals surface area contributed by atoms with Crippen molar-refractivity contribution < 1.29 is 148 Å². The number of hydrogen-bond donors (Lipinski definition) is 11. The van der Waals surface area contributed by atoms with Gasteiger partial charge in [-0.15, -0.1) is 0 Å². The molecule has 23 nitrogen and oxygen atoms in total. The van der Waals surface area contributed by atoms with Crippen molar-refractivity contribution in [2.45, 2.75) is 138 Å². The number of ether oxygens (including phenoxy) is 4. The van der Waals surface area contributed by atoms with Gasteiger partial charge in [0.2, 0.25) is 17.6 Å². The van der Waals surface area contributed by atoms with E-state index in [-0.39, 0.29) is 109 Å². The van der Waals surface area contributed by atoms with Gasteiger partial charge in [0.25, 0.3) is 5.91 Å². The van der Waals surface area contributed by atoms with Crippen LogP contribution in [0.1, 0.15) is 84.2 Å². The molecular weight excluding hydrogens is 1270 g/mol. The van der Waals surface area contributed by atoms with Crippen molar-refractivity contribution in [1.82, 2.24) is 26.6 Å². The van der Waals surface area contributed by atoms with Crippen molar-refractivity contribution in [3.05, 3.63) is 156 Å². The Morgan fingerprint density at radius 2 is 1.03 bits per heavy atom. The summed E-state index contributed by atoms with van der Waals surface area (Å²) in [6.45, 7) is 3.07. The van der Waals surface area contributed by atoms with E-state index in [1.54, 1.807) is 30.6 Å². The Morgan fingerprint density at radius 1 is 0.596 bits per heavy atom. The first-order valence-corrected chi connectivity index (χ1v) is 32.8. The predicted molar refractivity (Wildman–Crippen MR) is 344 cm³/mol. The zero-order chi connectivity index (χ0) is 65.3. The number of carboxylic acids is 1. The molecule has 5 aromatic carbocycles. The fourth-order valence-corrected chi connectivity index (χ4v) is 12.4. The van der Waals surface area contributed by atoms with E-state index in [0.29, 0.717) is 73.0 Å². The summed E-state index contributed by atoms with van der Waals surface area (Å²) in [5.74, 6) is -5.74. The number of carboxylic acid groups (broad SMARTS) is 1. The molecule has 2 aliphatic heterocycles. The van der Waals surface area contributed by atoms with Crippen molar-refractivity contribution in [3.63, 3.8) is 0 Å². The molecule has 2 saturated heterocycles. The fraction of sp³-hybridized carbons (Fsp3) is 0.463. The van der Waals surface area contributed by atoms with E-state index in [0.717, 1.165) is 33.4 Å². The first kappa shape index (κ1) is 81.9. The van der Waals surface area contributed by atoms with Crippen LogP contribution >= 0.6 is 23.5 Å². The van der Waals surface area contributed by atoms with Gasteiger partial charge in [-0.25, -0.2) is 6.29 Å². The molecule has 12 N–H and O–H groups in total. The molecule has 2 aliphatic rings. The number of aliphatic hydroxyl groups excluding tert-OH is 6. The Labute approximate surface area is 600 Å². The third-order valence-electron chi connectivity index (χ3n) is 15.5. The van der Waals surface area contributed by atoms with Crippen molar-refractivity contribution in [1.29, 1.82) is 0 Å². The summed E-state index contributed by atoms with van der Waals surface area (Å²) in [7, 11) is 0. The number of aliphatic hydroxyl groups is 6. The number of aliphatic carboxylic acids is 1. The number of carbonyl (C=O) groups is 5. The van der Waals surface area contributed by atoms with Crippen LogP contribution in [0.5, 0.6) is 0 Å². The number of benzene rings is 5. The van der Waals surface area contributed by atoms with E-state index in [2.05, 4.69) is 26.6 Å². The summed E-state index contributed by atoms with van der Waals surface area (Å²) in [6, 6.07) is 39.3. The Kier molecular flexibility index (Phi) is 36.3. The molecule has 5 aromatic rings. The molecule has 2 fully saturated rings. The van der Waals surface area contributed by atoms with Crippen LogP contribution in [0.15, 0.2) is 133 Å². The topological polar surface area (TPSA) is 374 Å². The summed E-state index contributed by atoms with van der Waals surface area (Å²) in [5.41, 5.74) is 6.86. The largest absolute Gasteiger partial charge is 1.00 e. The molecule has 0 bridgehead atoms. The smallest absolute Gasteiger partial charge is 0.870 e. The molecule has 0 saturated carbocycles. The minimum Gasteiger partial charge on any atom is -0.870 e. The molecule has 3 amide bonds. The van der Waals surface area contributed by atoms with Gasteiger partial charge in [-0.3, -0.25) is 19.2 Å². The number of thioether (sulfide) groups is 2. The van der Waals surface area contributed by atoms with E-state index in [1.807, 2.05) is 109 Å². The summed E-state index contributed by atoms with van der Waals surface area (Å²) >= 11 is 3.02. The van der Waals surface area contributed by atoms with Gasteiger partial charge in [-0.2, -0.15) is 23.5 Å². The van der Waals surface area contributed by atoms with Crippen molar-refractivity contribution in [3.8, 4) is 22.3 Å². The van der Waals surface area contributed by atoms with Crippen LogP contribution < -0.4 is 90.8 Å². The second-order valence-corrected chi connectivity index (χ2v) is 25.0. The minimum absolute atomic E-state index is 0. The molecule has 0 unspecified atom stereocenters. The number of ketones is 1. The maximum atomic E-state index is 13.0. The second-order valence-electron chi connectivity index (χ2n) is 22.5. The van der Waals surface area contributed by atoms with Gasteiger partial charge in [0, 0.05) is 89.3 Å². The standard InChI is InChI=1S/C67H84N5O17S2.2Na.H2O/c1-43(74)71-58-54(77)36-66(42-73,88-62(58)60(81)56(79)40-68-38-45-17-21-49(22-18-45)47-12-5-3-6-13-47)86-30-10-34-91-35-29-70-64(83)52-27-25-51(26-28-52)53(76)16-9-32-90-33-11-31-87-67(65(84)85)37-55(78)59(72-44(2)75)63(89-67)61(82)57(80)41-69-39-46-19-23-50(24-20-46)48-14-7-4-8-15-48;;;/h3-8,12-15,17-28,54-63,68-69,77-82H,9-11,16,29-41H2,1-2H3,(H,70,83)(H,71,74)(H,72,75)(H,84,85);;;1H2/q-1;2*+1;/p-2/t54-,55-,56+,57+,58+,59+,60+,61+,62+,63+,66+,67+;;;/m0.../s1. The SMILES string of the molecule is CC(=O)N[C@H]1[C@H]([C@H](O)[C@H](O)CNCc2ccc(-c3ccccc3)cc2)O[C@]([C-]=O)(OCCCSCCNC(=O)c2ccc(C(=O)CCCSCCCO[C@]3(C(=O)[O-])C[C@H](O)[C@@H](NC(C)=O)[C@H]([C@H](O)[C@H](O)CNCc4ccc(-c5ccccc5)cc4)O3)cc2)C[C@@H]1O.[Na+].[Na+].[OH-]. The van der Waals surface area contributed by atoms with Gasteiger partial charge in [0.1, 0.15) is 30.4 Å². The van der Waals surface area contributed by atoms with Crippen LogP contribution in [0, 0.1) is 0 Å². The van der Waals surface area contributed by atoms with E-state index in [9.17, 15) is 64.5 Å². The molecule has 12 atom stereocenters. The number of carbonyl (C=O) groups excluding carboxylic acids is 6. The van der Waals surface area contributed by atoms with Crippen LogP contribution in [-0.4, -0.2) is 200 Å². The van der Waals surface area contributed by atoms with Gasteiger partial charge in [-0.1, -0.05) is 121 Å². The Morgan fingerprint density at radius 3 is 1.51 bits per heavy atom. The quantitative estimate of drug-likeness (QED) is 0.00792. The third kappa shape index (κ3) is 24.8. The molecule has 500 valence electrons. The summed E-state index contributed by atoms with van der Waals surface area (Å²) < 4.78 is 23.4. The Bertz CT molecular complexity index is 3100. The van der Waals surface area contributed by atoms with Gasteiger partial charge in [0.05, 0.1) is 48.9 Å². The van der Waals surface area contributed by atoms with Gasteiger partial charge in [-0.05, 0) is 82.0 Å². The number of nitrogens with one attached hydrogen (secondary N) is 5. The van der Waals surface area contributed by atoms with E-state index in [1.165, 1.54) is 37.4 Å². The molecule has 0 radical (unpaired) electrons. The maximum Gasteiger partial charge on any atom is 1.00 e. The van der Waals surface area contributed by atoms with Crippen LogP contribution in [0.2, 0.25) is 0 Å². The molecule has 0 spiro atoms. The summed E-state index contributed by atoms with van der Waals surface area (Å²) in [6.07, 6.45) is -10.1. The third-order valence-corrected chi connectivity index (χ3v) is 17.8. The number of amides is 3. The molecule has 94 heavy (non-hydrogen) atoms. The van der Waals surface area contributed by atoms with Crippen molar-refractivity contribution in [2.75, 3.05) is 55.9 Å². The van der Waals surface area contributed by atoms with Crippen LogP contribution in [0.25, 0.3) is 22.3 Å².